The Labute approximate surface area is 77.5 Å². The first kappa shape index (κ1) is 7.87. The summed E-state index contributed by atoms with van der Waals surface area (Å²) in [6, 6.07) is 14.5. The second-order valence-corrected chi connectivity index (χ2v) is 2.93. The summed E-state index contributed by atoms with van der Waals surface area (Å²) < 4.78 is 0. The van der Waals surface area contributed by atoms with Crippen LogP contribution in [0.3, 0.4) is 0 Å². The molecular weight excluding hydrogens is 158 g/mol. The predicted octanol–water partition coefficient (Wildman–Crippen LogP) is 2.77. The molecule has 0 amide bonds. The van der Waals surface area contributed by atoms with Crippen LogP contribution in [0.4, 0.5) is 0 Å². The first-order chi connectivity index (χ1) is 6.42. The van der Waals surface area contributed by atoms with E-state index in [1.54, 1.807) is 6.20 Å². The van der Waals surface area contributed by atoms with Crippen LogP contribution in [-0.2, 0) is 0 Å². The van der Waals surface area contributed by atoms with Crippen molar-refractivity contribution < 1.29 is 0 Å². The van der Waals surface area contributed by atoms with Crippen molar-refractivity contribution in [2.45, 2.75) is 0 Å². The van der Waals surface area contributed by atoms with Crippen LogP contribution < -0.4 is 5.73 Å². The predicted molar refractivity (Wildman–Crippen MR) is 57.2 cm³/mol. The Morgan fingerprint density at radius 3 is 2.54 bits per heavy atom. The normalized spacial score (nSPS) is 11.1. The summed E-state index contributed by atoms with van der Waals surface area (Å²) in [5.41, 5.74) is 6.54. The van der Waals surface area contributed by atoms with Crippen LogP contribution in [0.25, 0.3) is 16.8 Å². The van der Waals surface area contributed by atoms with E-state index in [4.69, 9.17) is 5.73 Å². The van der Waals surface area contributed by atoms with E-state index in [9.17, 15) is 0 Å². The fourth-order valence-electron chi connectivity index (χ4n) is 1.50. The van der Waals surface area contributed by atoms with Gasteiger partial charge in [-0.25, -0.2) is 0 Å². The highest BCUT2D eigenvalue weighted by atomic mass is 14.5. The van der Waals surface area contributed by atoms with Crippen LogP contribution in [0.2, 0.25) is 0 Å². The quantitative estimate of drug-likeness (QED) is 0.698. The Morgan fingerprint density at radius 1 is 0.923 bits per heavy atom. The van der Waals surface area contributed by atoms with Crippen LogP contribution in [0.15, 0.2) is 48.7 Å². The maximum absolute atomic E-state index is 5.37. The van der Waals surface area contributed by atoms with E-state index < -0.39 is 0 Å². The zero-order chi connectivity index (χ0) is 9.10. The molecule has 0 atom stereocenters. The van der Waals surface area contributed by atoms with Gasteiger partial charge < -0.3 is 5.73 Å². The van der Waals surface area contributed by atoms with E-state index in [0.29, 0.717) is 0 Å². The number of fused-ring (bicyclic) bond motifs is 1. The van der Waals surface area contributed by atoms with Crippen LogP contribution in [0, 0.1) is 0 Å². The van der Waals surface area contributed by atoms with Gasteiger partial charge in [0.1, 0.15) is 0 Å². The Bertz CT molecular complexity index is 438. The molecule has 64 valence electrons. The highest BCUT2D eigenvalue weighted by Gasteiger charge is 1.94. The maximum Gasteiger partial charge on any atom is -0.00561 e. The second kappa shape index (κ2) is 3.31. The summed E-state index contributed by atoms with van der Waals surface area (Å²) >= 11 is 0. The van der Waals surface area contributed by atoms with E-state index in [0.717, 1.165) is 0 Å². The maximum atomic E-state index is 5.37. The average molecular weight is 169 g/mol. The summed E-state index contributed by atoms with van der Waals surface area (Å²) in [5, 5.41) is 2.49. The summed E-state index contributed by atoms with van der Waals surface area (Å²) in [6.07, 6.45) is 3.49. The SMILES string of the molecule is NC=Cc1cccc2ccccc12. The van der Waals surface area contributed by atoms with Gasteiger partial charge in [0.05, 0.1) is 0 Å². The first-order valence-corrected chi connectivity index (χ1v) is 4.28. The lowest BCUT2D eigenvalue weighted by atomic mass is 10.0. The number of nitrogens with two attached hydrogens (primary N) is 1. The van der Waals surface area contributed by atoms with Crippen molar-refractivity contribution in [1.82, 2.24) is 0 Å². The molecule has 0 radical (unpaired) electrons. The van der Waals surface area contributed by atoms with Crippen LogP contribution >= 0.6 is 0 Å². The van der Waals surface area contributed by atoms with E-state index in [-0.39, 0.29) is 0 Å². The van der Waals surface area contributed by atoms with Crippen molar-refractivity contribution in [2.75, 3.05) is 0 Å². The van der Waals surface area contributed by atoms with Crippen LogP contribution in [-0.4, -0.2) is 0 Å². The third kappa shape index (κ3) is 1.41. The van der Waals surface area contributed by atoms with Crippen LogP contribution in [0.1, 0.15) is 5.56 Å². The zero-order valence-corrected chi connectivity index (χ0v) is 7.27. The van der Waals surface area contributed by atoms with Gasteiger partial charge in [0.25, 0.3) is 0 Å². The first-order valence-electron chi connectivity index (χ1n) is 4.28. The molecule has 0 aliphatic rings. The van der Waals surface area contributed by atoms with Crippen molar-refractivity contribution >= 4 is 16.8 Å². The minimum absolute atomic E-state index is 1.17. The molecule has 0 aliphatic heterocycles. The number of hydrogen-bond donors (Lipinski definition) is 1. The average Bonchev–Trinajstić information content (AvgIpc) is 2.19. The second-order valence-electron chi connectivity index (χ2n) is 2.93. The monoisotopic (exact) mass is 169 g/mol. The van der Waals surface area contributed by atoms with Crippen molar-refractivity contribution in [3.8, 4) is 0 Å². The fraction of sp³-hybridized carbons (Fsp3) is 0. The molecule has 0 bridgehead atoms. The van der Waals surface area contributed by atoms with Gasteiger partial charge in [-0.05, 0) is 28.6 Å². The van der Waals surface area contributed by atoms with E-state index in [1.165, 1.54) is 16.3 Å². The topological polar surface area (TPSA) is 26.0 Å². The van der Waals surface area contributed by atoms with Gasteiger partial charge in [-0.3, -0.25) is 0 Å². The summed E-state index contributed by atoms with van der Waals surface area (Å²) in [6.45, 7) is 0. The molecule has 0 unspecified atom stereocenters. The van der Waals surface area contributed by atoms with E-state index >= 15 is 0 Å². The Kier molecular flexibility index (Phi) is 2.01. The Hall–Kier alpha value is -1.76. The fourth-order valence-corrected chi connectivity index (χ4v) is 1.50. The molecule has 0 spiro atoms. The lowest BCUT2D eigenvalue weighted by molar-refractivity contribution is 1.62. The lowest BCUT2D eigenvalue weighted by Gasteiger charge is -2.00. The molecule has 1 heteroatoms. The minimum Gasteiger partial charge on any atom is -0.405 e. The largest absolute Gasteiger partial charge is 0.405 e. The molecule has 2 aromatic carbocycles. The molecular formula is C12H11N. The molecule has 2 rings (SSSR count). The molecule has 13 heavy (non-hydrogen) atoms. The van der Waals surface area contributed by atoms with Crippen LogP contribution in [0.5, 0.6) is 0 Å². The van der Waals surface area contributed by atoms with Crippen molar-refractivity contribution in [2.24, 2.45) is 5.73 Å². The molecule has 0 fully saturated rings. The number of hydrogen-bond acceptors (Lipinski definition) is 1. The highest BCUT2D eigenvalue weighted by molar-refractivity contribution is 5.90. The minimum atomic E-state index is 1.17. The molecule has 0 aromatic heterocycles. The standard InChI is InChI=1S/C12H11N/c13-9-8-11-6-3-5-10-4-1-2-7-12(10)11/h1-9H,13H2. The Balaban J connectivity index is 2.75. The molecule has 1 nitrogen and oxygen atoms in total. The molecule has 2 aromatic rings. The molecule has 2 N–H and O–H groups in total. The smallest absolute Gasteiger partial charge is 0.00561 e. The van der Waals surface area contributed by atoms with Gasteiger partial charge in [-0.1, -0.05) is 42.5 Å². The van der Waals surface area contributed by atoms with Gasteiger partial charge in [0.15, 0.2) is 0 Å². The van der Waals surface area contributed by atoms with Crippen molar-refractivity contribution in [3.63, 3.8) is 0 Å². The lowest BCUT2D eigenvalue weighted by Crippen LogP contribution is -1.80. The molecule has 0 heterocycles. The Morgan fingerprint density at radius 2 is 1.69 bits per heavy atom. The summed E-state index contributed by atoms with van der Waals surface area (Å²) in [5.74, 6) is 0. The van der Waals surface area contributed by atoms with Gasteiger partial charge in [0, 0.05) is 0 Å². The molecule has 0 saturated carbocycles. The van der Waals surface area contributed by atoms with Gasteiger partial charge >= 0.3 is 0 Å². The molecule has 0 saturated heterocycles. The summed E-state index contributed by atoms with van der Waals surface area (Å²) in [4.78, 5) is 0. The van der Waals surface area contributed by atoms with E-state index in [1.807, 2.05) is 24.3 Å². The van der Waals surface area contributed by atoms with Gasteiger partial charge in [0.2, 0.25) is 0 Å². The van der Waals surface area contributed by atoms with E-state index in [2.05, 4.69) is 24.3 Å². The summed E-state index contributed by atoms with van der Waals surface area (Å²) in [7, 11) is 0. The van der Waals surface area contributed by atoms with Crippen molar-refractivity contribution in [1.29, 1.82) is 0 Å². The zero-order valence-electron chi connectivity index (χ0n) is 7.27. The third-order valence-electron chi connectivity index (χ3n) is 2.10. The van der Waals surface area contributed by atoms with Crippen molar-refractivity contribution in [3.05, 3.63) is 54.2 Å². The molecule has 0 aliphatic carbocycles. The third-order valence-corrected chi connectivity index (χ3v) is 2.10. The van der Waals surface area contributed by atoms with Gasteiger partial charge in [-0.2, -0.15) is 0 Å². The number of rotatable bonds is 1. The van der Waals surface area contributed by atoms with Gasteiger partial charge in [-0.15, -0.1) is 0 Å². The highest BCUT2D eigenvalue weighted by Crippen LogP contribution is 2.18. The number of benzene rings is 2.